The van der Waals surface area contributed by atoms with Gasteiger partial charge in [0.15, 0.2) is 0 Å². The number of nitrogens with one attached hydrogen (secondary N) is 1. The van der Waals surface area contributed by atoms with Gasteiger partial charge in [0.1, 0.15) is 19.7 Å². The predicted molar refractivity (Wildman–Crippen MR) is 48.4 cm³/mol. The number of nitrogens with zero attached hydrogens (tertiary/aromatic N) is 1. The van der Waals surface area contributed by atoms with Crippen LogP contribution in [0.4, 0.5) is 4.39 Å². The van der Waals surface area contributed by atoms with Gasteiger partial charge in [0.05, 0.1) is 5.56 Å². The van der Waals surface area contributed by atoms with Crippen molar-refractivity contribution < 1.29 is 4.39 Å². The summed E-state index contributed by atoms with van der Waals surface area (Å²) in [5, 5.41) is 9.33. The summed E-state index contributed by atoms with van der Waals surface area (Å²) in [6, 6.07) is 4.73. The molecule has 1 aromatic heterocycles. The van der Waals surface area contributed by atoms with Gasteiger partial charge < -0.3 is 4.98 Å². The van der Waals surface area contributed by atoms with Gasteiger partial charge in [-0.25, -0.2) is 4.39 Å². The normalized spacial score (nSPS) is 10.2. The summed E-state index contributed by atoms with van der Waals surface area (Å²) in [6.45, 7) is 0. The lowest BCUT2D eigenvalue weighted by Crippen LogP contribution is -2.07. The highest BCUT2D eigenvalue weighted by atomic mass is 19.1. The maximum absolute atomic E-state index is 12.9. The molecule has 0 fully saturated rings. The van der Waals surface area contributed by atoms with E-state index in [0.29, 0.717) is 16.5 Å². The molecule has 1 aromatic carbocycles. The van der Waals surface area contributed by atoms with Crippen LogP contribution in [-0.4, -0.2) is 12.8 Å². The lowest BCUT2D eigenvalue weighted by atomic mass is 9.93. The Morgan fingerprint density at radius 3 is 2.92 bits per heavy atom. The molecule has 1 N–H and O–H groups in total. The molecule has 2 nitrogen and oxygen atoms in total. The quantitative estimate of drug-likeness (QED) is 0.587. The van der Waals surface area contributed by atoms with Crippen molar-refractivity contribution in [1.82, 2.24) is 4.98 Å². The third kappa shape index (κ3) is 1.09. The third-order valence-electron chi connectivity index (χ3n) is 1.92. The highest BCUT2D eigenvalue weighted by Crippen LogP contribution is 2.16. The highest BCUT2D eigenvalue weighted by molar-refractivity contribution is 6.33. The zero-order valence-corrected chi connectivity index (χ0v) is 6.63. The van der Waals surface area contributed by atoms with Gasteiger partial charge in [0.2, 0.25) is 0 Å². The van der Waals surface area contributed by atoms with Crippen molar-refractivity contribution >= 4 is 24.2 Å². The van der Waals surface area contributed by atoms with Gasteiger partial charge in [-0.15, -0.1) is 0 Å². The fraction of sp³-hybridized carbons (Fsp3) is 0. The fourth-order valence-corrected chi connectivity index (χ4v) is 1.25. The molecule has 2 rings (SSSR count). The Hall–Kier alpha value is -1.76. The average molecular weight is 170 g/mol. The molecule has 0 atom stereocenters. The van der Waals surface area contributed by atoms with Gasteiger partial charge >= 0.3 is 0 Å². The fourth-order valence-electron chi connectivity index (χ4n) is 1.25. The van der Waals surface area contributed by atoms with Crippen molar-refractivity contribution in [3.63, 3.8) is 0 Å². The smallest absolute Gasteiger partial charge is 0.118 e. The second kappa shape index (κ2) is 2.63. The zero-order valence-electron chi connectivity index (χ0n) is 6.63. The minimum atomic E-state index is -0.473. The summed E-state index contributed by atoms with van der Waals surface area (Å²) in [5.41, 5.74) is 1.12. The first kappa shape index (κ1) is 7.87. The van der Waals surface area contributed by atoms with E-state index in [1.165, 1.54) is 18.3 Å². The molecule has 0 saturated carbocycles. The molecule has 0 amide bonds. The summed E-state index contributed by atoms with van der Waals surface area (Å²) < 4.78 is 12.9. The monoisotopic (exact) mass is 170 g/mol. The summed E-state index contributed by atoms with van der Waals surface area (Å²) in [4.78, 5) is 2.79. The van der Waals surface area contributed by atoms with Crippen molar-refractivity contribution in [3.8, 4) is 6.07 Å². The molecule has 0 saturated heterocycles. The summed E-state index contributed by atoms with van der Waals surface area (Å²) in [5.74, 6) is -0.473. The Morgan fingerprint density at radius 2 is 2.23 bits per heavy atom. The van der Waals surface area contributed by atoms with Crippen molar-refractivity contribution in [2.75, 3.05) is 0 Å². The maximum atomic E-state index is 12.9. The molecular formula is C9H4BFN2. The first-order chi connectivity index (χ1) is 6.22. The van der Waals surface area contributed by atoms with E-state index < -0.39 is 5.82 Å². The Balaban J connectivity index is 2.86. The van der Waals surface area contributed by atoms with Crippen molar-refractivity contribution in [2.45, 2.75) is 0 Å². The minimum absolute atomic E-state index is 0.0589. The van der Waals surface area contributed by atoms with E-state index in [2.05, 4.69) is 4.98 Å². The topological polar surface area (TPSA) is 39.6 Å². The van der Waals surface area contributed by atoms with Crippen LogP contribution >= 0.6 is 0 Å². The van der Waals surface area contributed by atoms with Crippen LogP contribution in [0, 0.1) is 17.1 Å². The van der Waals surface area contributed by atoms with Crippen LogP contribution in [0.3, 0.4) is 0 Å². The number of hydrogen-bond acceptors (Lipinski definition) is 1. The molecule has 1 heterocycles. The van der Waals surface area contributed by atoms with E-state index in [4.69, 9.17) is 13.1 Å². The summed E-state index contributed by atoms with van der Waals surface area (Å²) in [7, 11) is 5.37. The van der Waals surface area contributed by atoms with E-state index in [0.717, 1.165) is 0 Å². The standard InChI is InChI=1S/C9H4BFN2/c10-7-1-6-5(3-12)4-13-9(6)2-8(7)11/h1-2,4,13H. The lowest BCUT2D eigenvalue weighted by Gasteiger charge is -1.96. The second-order valence-corrected chi connectivity index (χ2v) is 2.73. The Labute approximate surface area is 75.4 Å². The van der Waals surface area contributed by atoms with E-state index in [9.17, 15) is 4.39 Å². The van der Waals surface area contributed by atoms with Gasteiger partial charge in [-0.3, -0.25) is 0 Å². The number of fused-ring (bicyclic) bond motifs is 1. The molecule has 13 heavy (non-hydrogen) atoms. The van der Waals surface area contributed by atoms with Crippen LogP contribution in [0.1, 0.15) is 5.56 Å². The molecule has 4 heteroatoms. The van der Waals surface area contributed by atoms with Gasteiger partial charge in [0.25, 0.3) is 0 Å². The predicted octanol–water partition coefficient (Wildman–Crippen LogP) is 0.972. The Morgan fingerprint density at radius 1 is 1.46 bits per heavy atom. The van der Waals surface area contributed by atoms with Crippen LogP contribution in [-0.2, 0) is 0 Å². The van der Waals surface area contributed by atoms with E-state index in [1.54, 1.807) is 0 Å². The average Bonchev–Trinajstić information content (AvgIpc) is 2.48. The van der Waals surface area contributed by atoms with Crippen LogP contribution in [0.5, 0.6) is 0 Å². The molecule has 60 valence electrons. The molecule has 0 unspecified atom stereocenters. The number of aromatic nitrogens is 1. The third-order valence-corrected chi connectivity index (χ3v) is 1.92. The molecule has 0 aliphatic heterocycles. The SMILES string of the molecule is [B]c1cc2c(C#N)c[nH]c2cc1F. The van der Waals surface area contributed by atoms with Gasteiger partial charge in [-0.05, 0) is 6.07 Å². The first-order valence-corrected chi connectivity index (χ1v) is 3.68. The molecule has 2 radical (unpaired) electrons. The molecule has 0 aliphatic carbocycles. The number of rotatable bonds is 0. The van der Waals surface area contributed by atoms with Gasteiger partial charge in [-0.2, -0.15) is 5.26 Å². The van der Waals surface area contributed by atoms with E-state index >= 15 is 0 Å². The van der Waals surface area contributed by atoms with Crippen LogP contribution in [0.25, 0.3) is 10.9 Å². The first-order valence-electron chi connectivity index (χ1n) is 3.68. The molecular weight excluding hydrogens is 166 g/mol. The zero-order chi connectivity index (χ0) is 9.42. The molecule has 0 spiro atoms. The van der Waals surface area contributed by atoms with Crippen LogP contribution < -0.4 is 5.46 Å². The van der Waals surface area contributed by atoms with Crippen molar-refractivity contribution in [1.29, 1.82) is 5.26 Å². The van der Waals surface area contributed by atoms with Crippen LogP contribution in [0.2, 0.25) is 0 Å². The van der Waals surface area contributed by atoms with Gasteiger partial charge in [-0.1, -0.05) is 11.5 Å². The second-order valence-electron chi connectivity index (χ2n) is 2.73. The number of benzene rings is 1. The molecule has 0 bridgehead atoms. The summed E-state index contributed by atoms with van der Waals surface area (Å²) >= 11 is 0. The van der Waals surface area contributed by atoms with Crippen LogP contribution in [0.15, 0.2) is 18.3 Å². The molecule has 0 aliphatic rings. The number of nitriles is 1. The van der Waals surface area contributed by atoms with Gasteiger partial charge in [0, 0.05) is 17.1 Å². The summed E-state index contributed by atoms with van der Waals surface area (Å²) in [6.07, 6.45) is 1.53. The van der Waals surface area contributed by atoms with Crippen molar-refractivity contribution in [3.05, 3.63) is 29.7 Å². The largest absolute Gasteiger partial charge is 0.360 e. The minimum Gasteiger partial charge on any atom is -0.360 e. The number of halogens is 1. The molecule has 2 aromatic rings. The Bertz CT molecular complexity index is 510. The number of H-pyrrole nitrogens is 1. The highest BCUT2D eigenvalue weighted by Gasteiger charge is 2.05. The van der Waals surface area contributed by atoms with E-state index in [-0.39, 0.29) is 5.46 Å². The number of hydrogen-bond donors (Lipinski definition) is 1. The number of aromatic amines is 1. The maximum Gasteiger partial charge on any atom is 0.118 e. The lowest BCUT2D eigenvalue weighted by molar-refractivity contribution is 0.637. The Kier molecular flexibility index (Phi) is 1.59. The van der Waals surface area contributed by atoms with Crippen molar-refractivity contribution in [2.24, 2.45) is 0 Å². The van der Waals surface area contributed by atoms with E-state index in [1.807, 2.05) is 6.07 Å².